The van der Waals surface area contributed by atoms with Crippen LogP contribution >= 0.6 is 22.6 Å². The van der Waals surface area contributed by atoms with Gasteiger partial charge in [-0.25, -0.2) is 13.2 Å². The van der Waals surface area contributed by atoms with E-state index in [4.69, 9.17) is 0 Å². The zero-order valence-corrected chi connectivity index (χ0v) is 21.6. The number of benzene rings is 2. The number of halogens is 10. The maximum Gasteiger partial charge on any atom is 0.438 e. The van der Waals surface area contributed by atoms with Gasteiger partial charge in [0.05, 0.1) is 0 Å². The first-order valence-electron chi connectivity index (χ1n) is 8.33. The van der Waals surface area contributed by atoms with E-state index in [1.165, 1.54) is 18.3 Å². The van der Waals surface area contributed by atoms with E-state index in [2.05, 4.69) is 62.4 Å². The van der Waals surface area contributed by atoms with Crippen LogP contribution in [-0.4, -0.2) is 34.4 Å². The van der Waals surface area contributed by atoms with Gasteiger partial charge in [-0.1, -0.05) is 35.4 Å². The van der Waals surface area contributed by atoms with Crippen LogP contribution in [0.5, 0.6) is 0 Å². The number of alkyl halides is 9. The lowest BCUT2D eigenvalue weighted by Gasteiger charge is -2.31. The first-order chi connectivity index (χ1) is 14.7. The van der Waals surface area contributed by atoms with Crippen molar-refractivity contribution in [2.45, 2.75) is 35.2 Å². The normalized spacial score (nSPS) is 13.3. The van der Waals surface area contributed by atoms with Crippen molar-refractivity contribution >= 4 is 32.7 Å². The second-order valence-corrected chi connectivity index (χ2v) is 12.1. The van der Waals surface area contributed by atoms with E-state index in [1.807, 2.05) is 4.74 Å². The fourth-order valence-corrected chi connectivity index (χ4v) is 4.34. The van der Waals surface area contributed by atoms with Gasteiger partial charge in [0, 0.05) is 22.6 Å². The minimum atomic E-state index is -7.12. The molecule has 33 heavy (non-hydrogen) atoms. The quantitative estimate of drug-likeness (QED) is 0.190. The third-order valence-electron chi connectivity index (χ3n) is 3.48. The molecule has 2 rings (SSSR count). The Labute approximate surface area is 207 Å². The molecule has 0 aliphatic carbocycles. The van der Waals surface area contributed by atoms with Crippen molar-refractivity contribution in [3.05, 3.63) is 66.8 Å². The third kappa shape index (κ3) is 8.43. The maximum atomic E-state index is 12.4. The van der Waals surface area contributed by atoms with Gasteiger partial charge in [0.2, 0.25) is 0 Å². The lowest BCUT2D eigenvalue weighted by molar-refractivity contribution is -0.597. The molecule has 0 N–H and O–H groups in total. The largest absolute Gasteiger partial charge is 0.743 e. The van der Waals surface area contributed by atoms with E-state index in [0.717, 1.165) is 0 Å². The Hall–Kier alpha value is -0.790. The summed E-state index contributed by atoms with van der Waals surface area (Å²) in [6, 6.07) is 17.8. The lowest BCUT2D eigenvalue weighted by atomic mass is 10.2. The monoisotopic (exact) mass is 732 g/mol. The van der Waals surface area contributed by atoms with Crippen LogP contribution in [0.3, 0.4) is 0 Å². The number of hydrogen-bond donors (Lipinski definition) is 0. The summed E-state index contributed by atoms with van der Waals surface area (Å²) < 4.78 is 126. The van der Waals surface area contributed by atoms with E-state index < -0.39 is 54.1 Å². The molecule has 0 aliphatic rings. The summed E-state index contributed by atoms with van der Waals surface area (Å²) in [5.74, 6) is 0. The highest BCUT2D eigenvalue weighted by molar-refractivity contribution is 14.1. The molecule has 2 aromatic carbocycles. The molecule has 0 unspecified atom stereocenters. The average molecular weight is 732 g/mol. The van der Waals surface area contributed by atoms with Gasteiger partial charge in [0.15, 0.2) is 17.3 Å². The van der Waals surface area contributed by atoms with Crippen LogP contribution in [0.25, 0.3) is 0 Å². The highest BCUT2D eigenvalue weighted by Gasteiger charge is 2.71. The van der Waals surface area contributed by atoms with Gasteiger partial charge in [-0.15, -0.1) is 0 Å². The van der Waals surface area contributed by atoms with Gasteiger partial charge in [0.25, 0.3) is 0 Å². The van der Waals surface area contributed by atoms with Gasteiger partial charge < -0.3 is 4.55 Å². The van der Waals surface area contributed by atoms with Crippen molar-refractivity contribution in [3.8, 4) is 0 Å². The lowest BCUT2D eigenvalue weighted by Crippen LogP contribution is -3.61. The van der Waals surface area contributed by atoms with Crippen LogP contribution in [0.4, 0.5) is 35.1 Å². The van der Waals surface area contributed by atoms with Crippen LogP contribution in [0.15, 0.2) is 48.5 Å². The summed E-state index contributed by atoms with van der Waals surface area (Å²) in [5, 5.41) is -6.65. The number of ether oxygens (including phenoxy) is 1. The van der Waals surface area contributed by atoms with Gasteiger partial charge in [-0.2, -0.15) is 35.1 Å². The Morgan fingerprint density at radius 3 is 1.36 bits per heavy atom. The van der Waals surface area contributed by atoms with Gasteiger partial charge in [-0.05, 0) is 38.1 Å². The van der Waals surface area contributed by atoms with Crippen molar-refractivity contribution in [3.63, 3.8) is 0 Å². The molecular formula is C18H14F8I2O4S. The van der Waals surface area contributed by atoms with Crippen LogP contribution in [0.1, 0.15) is 11.1 Å². The van der Waals surface area contributed by atoms with E-state index in [9.17, 15) is 48.1 Å². The molecule has 186 valence electrons. The topological polar surface area (TPSA) is 66.4 Å². The standard InChI is InChI=1S/C14H14I.C4HF8IO4S/c1-11-3-7-13(8-4-11)15-14-9-5-12(2)6-10-14;5-1(6,13)2(7,8)17-3(9,10)4(11,12)18(14,15)16/h3-10H,1-2H3;(H,14,15,16)/q+1;/p-1. The van der Waals surface area contributed by atoms with Crippen LogP contribution in [0.2, 0.25) is 0 Å². The predicted octanol–water partition coefficient (Wildman–Crippen LogP) is 2.79. The number of hydrogen-bond acceptors (Lipinski definition) is 4. The highest BCUT2D eigenvalue weighted by atomic mass is 127. The average Bonchev–Trinajstić information content (AvgIpc) is 2.63. The Bertz CT molecular complexity index is 981. The molecule has 0 radical (unpaired) electrons. The predicted molar refractivity (Wildman–Crippen MR) is 104 cm³/mol. The molecule has 2 aromatic rings. The van der Waals surface area contributed by atoms with E-state index in [0.29, 0.717) is 0 Å². The first kappa shape index (κ1) is 30.2. The third-order valence-corrected chi connectivity index (χ3v) is 7.66. The molecule has 0 amide bonds. The van der Waals surface area contributed by atoms with E-state index >= 15 is 0 Å². The molecule has 0 aliphatic heterocycles. The summed E-state index contributed by atoms with van der Waals surface area (Å²) in [4.78, 5) is 0. The number of aryl methyl sites for hydroxylation is 2. The molecule has 0 bridgehead atoms. The minimum Gasteiger partial charge on any atom is -0.743 e. The molecule has 0 saturated heterocycles. The van der Waals surface area contributed by atoms with Crippen LogP contribution in [0, 0.1) is 21.0 Å². The van der Waals surface area contributed by atoms with E-state index in [-0.39, 0.29) is 21.2 Å². The summed E-state index contributed by atoms with van der Waals surface area (Å²) in [5.41, 5.74) is 2.68. The summed E-state index contributed by atoms with van der Waals surface area (Å²) in [6.45, 7) is 4.27. The zero-order valence-electron chi connectivity index (χ0n) is 16.4. The Morgan fingerprint density at radius 2 is 1.09 bits per heavy atom. The van der Waals surface area contributed by atoms with Crippen molar-refractivity contribution in [1.82, 2.24) is 0 Å². The smallest absolute Gasteiger partial charge is 0.438 e. The van der Waals surface area contributed by atoms with Crippen molar-refractivity contribution < 1.29 is 74.0 Å². The molecule has 15 heteroatoms. The second-order valence-electron chi connectivity index (χ2n) is 6.29. The molecule has 0 heterocycles. The second kappa shape index (κ2) is 10.9. The minimum absolute atomic E-state index is 0.00313. The molecule has 4 nitrogen and oxygen atoms in total. The fourth-order valence-electron chi connectivity index (χ4n) is 1.74. The van der Waals surface area contributed by atoms with Gasteiger partial charge >= 0.3 is 42.6 Å². The molecule has 0 saturated carbocycles. The maximum absolute atomic E-state index is 12.4. The SMILES string of the molecule is Cc1ccc([I+]c2ccc(C)cc2)cc1.O=S(=O)([O-])C(F)(F)C(F)(F)OC(F)(F)C(F)(F)I. The molecule has 0 aromatic heterocycles. The summed E-state index contributed by atoms with van der Waals surface area (Å²) in [7, 11) is -7.12. The molecular weight excluding hydrogens is 718 g/mol. The molecule has 0 spiro atoms. The van der Waals surface area contributed by atoms with Gasteiger partial charge in [-0.3, -0.25) is 0 Å². The summed E-state index contributed by atoms with van der Waals surface area (Å²) >= 11 is -0.403. The number of rotatable bonds is 7. The highest BCUT2D eigenvalue weighted by Crippen LogP contribution is 2.48. The first-order valence-corrected chi connectivity index (χ1v) is 13.0. The van der Waals surface area contributed by atoms with Crippen LogP contribution < -0.4 is 21.2 Å². The Balaban J connectivity index is 0.000000334. The van der Waals surface area contributed by atoms with Crippen molar-refractivity contribution in [1.29, 1.82) is 0 Å². The van der Waals surface area contributed by atoms with Crippen LogP contribution in [-0.2, 0) is 14.9 Å². The van der Waals surface area contributed by atoms with Crippen molar-refractivity contribution in [2.75, 3.05) is 0 Å². The Morgan fingerprint density at radius 1 is 0.758 bits per heavy atom. The molecule has 0 atom stereocenters. The van der Waals surface area contributed by atoms with Crippen molar-refractivity contribution in [2.24, 2.45) is 0 Å². The summed E-state index contributed by atoms with van der Waals surface area (Å²) in [6.07, 6.45) is -12.8. The van der Waals surface area contributed by atoms with Gasteiger partial charge in [0.1, 0.15) is 0 Å². The molecule has 0 fully saturated rings. The Kier molecular flexibility index (Phi) is 9.95. The zero-order chi connectivity index (χ0) is 25.9. The van der Waals surface area contributed by atoms with E-state index in [1.54, 1.807) is 0 Å². The fraction of sp³-hybridized carbons (Fsp3) is 0.333.